The second-order valence-electron chi connectivity index (χ2n) is 5.47. The number of benzene rings is 2. The van der Waals surface area contributed by atoms with Crippen LogP contribution >= 0.6 is 7.37 Å². The van der Waals surface area contributed by atoms with E-state index in [1.807, 2.05) is 39.0 Å². The molecule has 0 radical (unpaired) electrons. The van der Waals surface area contributed by atoms with Crippen molar-refractivity contribution in [1.29, 1.82) is 0 Å². The highest BCUT2D eigenvalue weighted by atomic mass is 31.2. The zero-order valence-electron chi connectivity index (χ0n) is 13.4. The van der Waals surface area contributed by atoms with Gasteiger partial charge in [0.25, 0.3) is 5.52 Å². The van der Waals surface area contributed by atoms with E-state index >= 15 is 0 Å². The average Bonchev–Trinajstić information content (AvgIpc) is 2.47. The van der Waals surface area contributed by atoms with Crippen molar-refractivity contribution in [3.63, 3.8) is 0 Å². The SMILES string of the molecule is CCP(=O)(Oc1ccccc1)C(=O)c1c(C)cc(C)cc1C. The van der Waals surface area contributed by atoms with Crippen molar-refractivity contribution in [2.75, 3.05) is 6.16 Å². The van der Waals surface area contributed by atoms with Crippen molar-refractivity contribution in [2.24, 2.45) is 0 Å². The molecule has 1 unspecified atom stereocenters. The summed E-state index contributed by atoms with van der Waals surface area (Å²) in [5.41, 5.74) is 2.89. The summed E-state index contributed by atoms with van der Waals surface area (Å²) in [5, 5.41) is 0. The van der Waals surface area contributed by atoms with E-state index in [-0.39, 0.29) is 6.16 Å². The standard InChI is InChI=1S/C18H21O3P/c1-5-22(20,21-16-9-7-6-8-10-16)18(19)17-14(3)11-13(2)12-15(17)4/h6-12H,5H2,1-4H3. The molecule has 22 heavy (non-hydrogen) atoms. The first-order valence-corrected chi connectivity index (χ1v) is 9.15. The Labute approximate surface area is 131 Å². The van der Waals surface area contributed by atoms with Crippen LogP contribution in [0.1, 0.15) is 34.0 Å². The summed E-state index contributed by atoms with van der Waals surface area (Å²) in [6.45, 7) is 7.44. The molecule has 0 heterocycles. The monoisotopic (exact) mass is 316 g/mol. The number of hydrogen-bond donors (Lipinski definition) is 0. The fourth-order valence-electron chi connectivity index (χ4n) is 2.59. The second-order valence-corrected chi connectivity index (χ2v) is 8.04. The third kappa shape index (κ3) is 3.31. The van der Waals surface area contributed by atoms with Crippen LogP contribution in [0.15, 0.2) is 42.5 Å². The zero-order chi connectivity index (χ0) is 16.3. The quantitative estimate of drug-likeness (QED) is 0.718. The molecule has 0 N–H and O–H groups in total. The number of carbonyl (C=O) groups excluding carboxylic acids is 1. The molecule has 3 nitrogen and oxygen atoms in total. The molecule has 0 spiro atoms. The Morgan fingerprint density at radius 2 is 1.59 bits per heavy atom. The molecule has 0 bridgehead atoms. The number of hydrogen-bond acceptors (Lipinski definition) is 3. The summed E-state index contributed by atoms with van der Waals surface area (Å²) < 4.78 is 18.7. The minimum Gasteiger partial charge on any atom is -0.438 e. The summed E-state index contributed by atoms with van der Waals surface area (Å²) in [7, 11) is -3.44. The van der Waals surface area contributed by atoms with Crippen molar-refractivity contribution < 1.29 is 13.9 Å². The van der Waals surface area contributed by atoms with Crippen molar-refractivity contribution in [1.82, 2.24) is 0 Å². The highest BCUT2D eigenvalue weighted by Gasteiger charge is 2.35. The number of para-hydroxylation sites is 1. The largest absolute Gasteiger partial charge is 0.438 e. The predicted molar refractivity (Wildman–Crippen MR) is 90.2 cm³/mol. The van der Waals surface area contributed by atoms with Crippen LogP contribution in [-0.4, -0.2) is 11.7 Å². The lowest BCUT2D eigenvalue weighted by Crippen LogP contribution is -2.12. The van der Waals surface area contributed by atoms with Crippen molar-refractivity contribution in [3.8, 4) is 5.75 Å². The summed E-state index contributed by atoms with van der Waals surface area (Å²) in [6.07, 6.45) is 0.174. The molecule has 2 aromatic rings. The van der Waals surface area contributed by atoms with Gasteiger partial charge in [-0.05, 0) is 44.0 Å². The second kappa shape index (κ2) is 6.50. The third-order valence-electron chi connectivity index (χ3n) is 3.61. The van der Waals surface area contributed by atoms with Crippen LogP contribution in [0.3, 0.4) is 0 Å². The van der Waals surface area contributed by atoms with Gasteiger partial charge in [0, 0.05) is 11.7 Å². The Hall–Kier alpha value is -1.86. The van der Waals surface area contributed by atoms with E-state index in [1.54, 1.807) is 31.2 Å². The molecule has 4 heteroatoms. The Bertz CT molecular complexity index is 712. The van der Waals surface area contributed by atoms with Crippen LogP contribution in [0.5, 0.6) is 5.75 Å². The van der Waals surface area contributed by atoms with Gasteiger partial charge in [-0.1, -0.05) is 42.8 Å². The van der Waals surface area contributed by atoms with E-state index in [1.165, 1.54) is 0 Å². The Kier molecular flexibility index (Phi) is 4.87. The molecular weight excluding hydrogens is 295 g/mol. The Morgan fingerprint density at radius 3 is 2.09 bits per heavy atom. The van der Waals surface area contributed by atoms with Gasteiger partial charge in [-0.15, -0.1) is 0 Å². The maximum atomic E-state index is 13.1. The van der Waals surface area contributed by atoms with E-state index in [4.69, 9.17) is 4.52 Å². The van der Waals surface area contributed by atoms with Crippen molar-refractivity contribution >= 4 is 12.9 Å². The predicted octanol–water partition coefficient (Wildman–Crippen LogP) is 5.13. The van der Waals surface area contributed by atoms with Crippen LogP contribution in [-0.2, 0) is 4.57 Å². The molecule has 1 atom stereocenters. The summed E-state index contributed by atoms with van der Waals surface area (Å²) >= 11 is 0. The molecule has 2 aromatic carbocycles. The lowest BCUT2D eigenvalue weighted by atomic mass is 10.0. The first kappa shape index (κ1) is 16.5. The van der Waals surface area contributed by atoms with E-state index < -0.39 is 12.9 Å². The lowest BCUT2D eigenvalue weighted by molar-refractivity contribution is 0.106. The van der Waals surface area contributed by atoms with Crippen molar-refractivity contribution in [3.05, 3.63) is 64.7 Å². The molecule has 0 aliphatic rings. The zero-order valence-corrected chi connectivity index (χ0v) is 14.3. The normalized spacial score (nSPS) is 13.5. The first-order valence-electron chi connectivity index (χ1n) is 7.34. The van der Waals surface area contributed by atoms with Crippen LogP contribution in [0.25, 0.3) is 0 Å². The third-order valence-corrected chi connectivity index (χ3v) is 5.79. The van der Waals surface area contributed by atoms with Crippen LogP contribution in [0.2, 0.25) is 0 Å². The topological polar surface area (TPSA) is 43.4 Å². The minimum atomic E-state index is -3.44. The van der Waals surface area contributed by atoms with Gasteiger partial charge < -0.3 is 4.52 Å². The molecular formula is C18H21O3P. The first-order chi connectivity index (χ1) is 10.4. The smallest absolute Gasteiger partial charge is 0.316 e. The molecule has 116 valence electrons. The van der Waals surface area contributed by atoms with E-state index in [2.05, 4.69) is 0 Å². The number of carbonyl (C=O) groups is 1. The van der Waals surface area contributed by atoms with Crippen LogP contribution in [0.4, 0.5) is 0 Å². The molecule has 0 aliphatic heterocycles. The Morgan fingerprint density at radius 1 is 1.05 bits per heavy atom. The van der Waals surface area contributed by atoms with Gasteiger partial charge in [-0.3, -0.25) is 9.36 Å². The van der Waals surface area contributed by atoms with Crippen molar-refractivity contribution in [2.45, 2.75) is 27.7 Å². The van der Waals surface area contributed by atoms with Crippen LogP contribution in [0, 0.1) is 20.8 Å². The maximum absolute atomic E-state index is 13.1. The minimum absolute atomic E-state index is 0.174. The lowest BCUT2D eigenvalue weighted by Gasteiger charge is -2.19. The molecule has 0 aromatic heterocycles. The summed E-state index contributed by atoms with van der Waals surface area (Å²) in [5.74, 6) is 0.462. The van der Waals surface area contributed by atoms with E-state index in [9.17, 15) is 9.36 Å². The highest BCUT2D eigenvalue weighted by molar-refractivity contribution is 7.77. The molecule has 2 rings (SSSR count). The molecule has 0 saturated carbocycles. The van der Waals surface area contributed by atoms with Gasteiger partial charge in [0.1, 0.15) is 5.75 Å². The van der Waals surface area contributed by atoms with Gasteiger partial charge in [0.2, 0.25) is 0 Å². The van der Waals surface area contributed by atoms with E-state index in [0.717, 1.165) is 16.7 Å². The Balaban J connectivity index is 2.43. The summed E-state index contributed by atoms with van der Waals surface area (Å²) in [6, 6.07) is 12.7. The fraction of sp³-hybridized carbons (Fsp3) is 0.278. The molecule has 0 fully saturated rings. The van der Waals surface area contributed by atoms with Gasteiger partial charge in [0.05, 0.1) is 0 Å². The van der Waals surface area contributed by atoms with Gasteiger partial charge in [0.15, 0.2) is 0 Å². The summed E-state index contributed by atoms with van der Waals surface area (Å²) in [4.78, 5) is 12.9. The van der Waals surface area contributed by atoms with Gasteiger partial charge >= 0.3 is 7.37 Å². The fourth-order valence-corrected chi connectivity index (χ4v) is 4.24. The molecule has 0 aliphatic carbocycles. The highest BCUT2D eigenvalue weighted by Crippen LogP contribution is 2.50. The average molecular weight is 316 g/mol. The number of rotatable bonds is 5. The maximum Gasteiger partial charge on any atom is 0.316 e. The van der Waals surface area contributed by atoms with E-state index in [0.29, 0.717) is 11.3 Å². The molecule has 0 amide bonds. The van der Waals surface area contributed by atoms with Crippen LogP contribution < -0.4 is 4.52 Å². The van der Waals surface area contributed by atoms with Gasteiger partial charge in [-0.2, -0.15) is 0 Å². The molecule has 0 saturated heterocycles. The number of aryl methyl sites for hydroxylation is 3. The van der Waals surface area contributed by atoms with Gasteiger partial charge in [-0.25, -0.2) is 0 Å².